The molecule has 6 heteroatoms. The van der Waals surface area contributed by atoms with Gasteiger partial charge in [0, 0.05) is 19.4 Å². The summed E-state index contributed by atoms with van der Waals surface area (Å²) < 4.78 is 35.4. The minimum Gasteiger partial charge on any atom is -0.393 e. The van der Waals surface area contributed by atoms with Crippen LogP contribution in [0.4, 0.5) is 13.2 Å². The largest absolute Gasteiger partial charge is 0.393 e. The number of carbonyl (C=O) groups excluding carboxylic acids is 1. The van der Waals surface area contributed by atoms with E-state index in [1.54, 1.807) is 0 Å². The Kier molecular flexibility index (Phi) is 8.79. The van der Waals surface area contributed by atoms with E-state index in [-0.39, 0.29) is 31.3 Å². The molecule has 0 aliphatic heterocycles. The zero-order valence-electron chi connectivity index (χ0n) is 10.7. The fourth-order valence-electron chi connectivity index (χ4n) is 1.47. The number of carbonyl (C=O) groups is 1. The quantitative estimate of drug-likeness (QED) is 0.632. The zero-order chi connectivity index (χ0) is 14.0. The van der Waals surface area contributed by atoms with Gasteiger partial charge in [0.2, 0.25) is 5.91 Å². The molecule has 108 valence electrons. The van der Waals surface area contributed by atoms with Gasteiger partial charge in [0.15, 0.2) is 0 Å². The molecular weight excluding hydrogens is 247 g/mol. The number of hydrogen-bond donors (Lipinski definition) is 2. The average molecular weight is 269 g/mol. The van der Waals surface area contributed by atoms with Crippen molar-refractivity contribution in [3.63, 3.8) is 0 Å². The summed E-state index contributed by atoms with van der Waals surface area (Å²) in [6, 6.07) is 0. The van der Waals surface area contributed by atoms with Gasteiger partial charge in [0.25, 0.3) is 0 Å². The zero-order valence-corrected chi connectivity index (χ0v) is 10.7. The average Bonchev–Trinajstić information content (AvgIpc) is 2.28. The molecule has 0 rings (SSSR count). The van der Waals surface area contributed by atoms with Crippen LogP contribution in [0.1, 0.15) is 51.9 Å². The number of hydrogen-bond acceptors (Lipinski definition) is 2. The number of aliphatic hydroxyl groups excluding tert-OH is 1. The lowest BCUT2D eigenvalue weighted by Crippen LogP contribution is -2.25. The lowest BCUT2D eigenvalue weighted by Gasteiger charge is -2.08. The molecule has 0 aromatic rings. The van der Waals surface area contributed by atoms with Gasteiger partial charge in [-0.05, 0) is 32.1 Å². The molecule has 0 fully saturated rings. The first-order chi connectivity index (χ1) is 8.35. The summed E-state index contributed by atoms with van der Waals surface area (Å²) in [7, 11) is 0. The fraction of sp³-hybridized carbons (Fsp3) is 0.917. The molecular formula is C12H22F3NO2. The minimum atomic E-state index is -4.13. The van der Waals surface area contributed by atoms with E-state index >= 15 is 0 Å². The Morgan fingerprint density at radius 3 is 2.50 bits per heavy atom. The van der Waals surface area contributed by atoms with Crippen molar-refractivity contribution in [1.82, 2.24) is 5.32 Å². The third-order valence-electron chi connectivity index (χ3n) is 2.62. The van der Waals surface area contributed by atoms with E-state index in [0.29, 0.717) is 25.8 Å². The van der Waals surface area contributed by atoms with Crippen LogP contribution in [0.25, 0.3) is 0 Å². The van der Waals surface area contributed by atoms with E-state index in [4.69, 9.17) is 0 Å². The summed E-state index contributed by atoms with van der Waals surface area (Å²) in [4.78, 5) is 11.2. The molecule has 0 saturated heterocycles. The summed E-state index contributed by atoms with van der Waals surface area (Å²) in [5.41, 5.74) is 0. The van der Waals surface area contributed by atoms with Crippen molar-refractivity contribution in [3.8, 4) is 0 Å². The maximum absolute atomic E-state index is 11.8. The highest BCUT2D eigenvalue weighted by molar-refractivity contribution is 5.75. The predicted octanol–water partition coefficient (Wildman–Crippen LogP) is 2.78. The summed E-state index contributed by atoms with van der Waals surface area (Å²) in [6.45, 7) is 2.35. The van der Waals surface area contributed by atoms with Crippen LogP contribution in [0, 0.1) is 0 Å². The van der Waals surface area contributed by atoms with Crippen molar-refractivity contribution in [2.24, 2.45) is 0 Å². The first-order valence-corrected chi connectivity index (χ1v) is 6.36. The minimum absolute atomic E-state index is 0.00846. The van der Waals surface area contributed by atoms with Gasteiger partial charge in [-0.25, -0.2) is 0 Å². The Hall–Kier alpha value is -0.780. The van der Waals surface area contributed by atoms with Gasteiger partial charge in [-0.15, -0.1) is 0 Å². The summed E-state index contributed by atoms with van der Waals surface area (Å²) >= 11 is 0. The van der Waals surface area contributed by atoms with Crippen LogP contribution in [-0.2, 0) is 4.79 Å². The molecule has 18 heavy (non-hydrogen) atoms. The van der Waals surface area contributed by atoms with Gasteiger partial charge in [-0.1, -0.05) is 6.92 Å². The second-order valence-corrected chi connectivity index (χ2v) is 4.38. The highest BCUT2D eigenvalue weighted by Gasteiger charge is 2.25. The van der Waals surface area contributed by atoms with Crippen LogP contribution in [0.2, 0.25) is 0 Å². The topological polar surface area (TPSA) is 49.3 Å². The van der Waals surface area contributed by atoms with Crippen LogP contribution < -0.4 is 5.32 Å². The van der Waals surface area contributed by atoms with Gasteiger partial charge >= 0.3 is 6.18 Å². The van der Waals surface area contributed by atoms with Crippen molar-refractivity contribution in [2.45, 2.75) is 64.1 Å². The van der Waals surface area contributed by atoms with Crippen molar-refractivity contribution in [2.75, 3.05) is 6.54 Å². The molecule has 0 heterocycles. The standard InChI is InChI=1S/C12H22F3NO2/c1-2-10(17)6-5-9-16-11(18)7-3-4-8-12(13,14)15/h10,17H,2-9H2,1H3,(H,16,18). The molecule has 3 nitrogen and oxygen atoms in total. The predicted molar refractivity (Wildman–Crippen MR) is 63.1 cm³/mol. The fourth-order valence-corrected chi connectivity index (χ4v) is 1.47. The molecule has 0 aromatic heterocycles. The molecule has 1 unspecified atom stereocenters. The van der Waals surface area contributed by atoms with Crippen LogP contribution in [0.15, 0.2) is 0 Å². The van der Waals surface area contributed by atoms with Crippen molar-refractivity contribution in [1.29, 1.82) is 0 Å². The van der Waals surface area contributed by atoms with Gasteiger partial charge in [-0.3, -0.25) is 4.79 Å². The number of alkyl halides is 3. The van der Waals surface area contributed by atoms with E-state index in [9.17, 15) is 23.1 Å². The van der Waals surface area contributed by atoms with Gasteiger partial charge < -0.3 is 10.4 Å². The Morgan fingerprint density at radius 1 is 1.28 bits per heavy atom. The van der Waals surface area contributed by atoms with Crippen molar-refractivity contribution in [3.05, 3.63) is 0 Å². The highest BCUT2D eigenvalue weighted by atomic mass is 19.4. The van der Waals surface area contributed by atoms with Crippen LogP contribution in [0.3, 0.4) is 0 Å². The van der Waals surface area contributed by atoms with Crippen LogP contribution in [0.5, 0.6) is 0 Å². The molecule has 0 spiro atoms. The molecule has 1 amide bonds. The Bertz CT molecular complexity index is 232. The maximum atomic E-state index is 11.8. The second-order valence-electron chi connectivity index (χ2n) is 4.38. The molecule has 1 atom stereocenters. The van der Waals surface area contributed by atoms with Crippen molar-refractivity contribution < 1.29 is 23.1 Å². The number of unbranched alkanes of at least 4 members (excludes halogenated alkanes) is 1. The van der Waals surface area contributed by atoms with E-state index < -0.39 is 12.6 Å². The summed E-state index contributed by atoms with van der Waals surface area (Å²) in [5.74, 6) is -0.219. The third-order valence-corrected chi connectivity index (χ3v) is 2.62. The molecule has 0 aliphatic carbocycles. The Labute approximate surface area is 106 Å². The second kappa shape index (κ2) is 9.19. The number of aliphatic hydroxyl groups is 1. The number of halogens is 3. The van der Waals surface area contributed by atoms with E-state index in [2.05, 4.69) is 5.32 Å². The smallest absolute Gasteiger partial charge is 0.389 e. The SMILES string of the molecule is CCC(O)CCCNC(=O)CCCCC(F)(F)F. The highest BCUT2D eigenvalue weighted by Crippen LogP contribution is 2.22. The van der Waals surface area contributed by atoms with E-state index in [0.717, 1.165) is 0 Å². The lowest BCUT2D eigenvalue weighted by molar-refractivity contribution is -0.136. The van der Waals surface area contributed by atoms with E-state index in [1.165, 1.54) is 0 Å². The monoisotopic (exact) mass is 269 g/mol. The first-order valence-electron chi connectivity index (χ1n) is 6.36. The van der Waals surface area contributed by atoms with Crippen molar-refractivity contribution >= 4 is 5.91 Å². The van der Waals surface area contributed by atoms with Gasteiger partial charge in [-0.2, -0.15) is 13.2 Å². The van der Waals surface area contributed by atoms with Gasteiger partial charge in [0.1, 0.15) is 0 Å². The van der Waals surface area contributed by atoms with E-state index in [1.807, 2.05) is 6.92 Å². The normalized spacial score (nSPS) is 13.4. The first kappa shape index (κ1) is 17.2. The molecule has 2 N–H and O–H groups in total. The lowest BCUT2D eigenvalue weighted by atomic mass is 10.1. The third kappa shape index (κ3) is 11.7. The molecule has 0 radical (unpaired) electrons. The number of rotatable bonds is 9. The summed E-state index contributed by atoms with van der Waals surface area (Å²) in [6.07, 6.45) is -2.93. The molecule has 0 bridgehead atoms. The van der Waals surface area contributed by atoms with Gasteiger partial charge in [0.05, 0.1) is 6.10 Å². The molecule has 0 aromatic carbocycles. The molecule has 0 aliphatic rings. The number of nitrogens with one attached hydrogen (secondary N) is 1. The summed E-state index contributed by atoms with van der Waals surface area (Å²) in [5, 5.41) is 11.9. The van der Waals surface area contributed by atoms with Crippen LogP contribution >= 0.6 is 0 Å². The maximum Gasteiger partial charge on any atom is 0.389 e. The van der Waals surface area contributed by atoms with Crippen LogP contribution in [-0.4, -0.2) is 29.8 Å². The Balaban J connectivity index is 3.38. The number of amides is 1. The Morgan fingerprint density at radius 2 is 1.94 bits per heavy atom. The molecule has 0 saturated carbocycles.